The summed E-state index contributed by atoms with van der Waals surface area (Å²) >= 11 is 0. The molecular formula is C67H46. The van der Waals surface area contributed by atoms with E-state index in [1.165, 1.54) is 126 Å². The zero-order valence-electron chi connectivity index (χ0n) is 37.4. The van der Waals surface area contributed by atoms with Gasteiger partial charge in [-0.1, -0.05) is 249 Å². The number of benzene rings is 12. The number of hydrogen-bond donors (Lipinski definition) is 0. The van der Waals surface area contributed by atoms with Crippen molar-refractivity contribution in [2.45, 2.75) is 6.92 Å². The number of rotatable bonds is 8. The van der Waals surface area contributed by atoms with Gasteiger partial charge >= 0.3 is 0 Å². The van der Waals surface area contributed by atoms with Gasteiger partial charge in [0.15, 0.2) is 0 Å². The van der Waals surface area contributed by atoms with Gasteiger partial charge in [-0.3, -0.25) is 0 Å². The Balaban J connectivity index is 1.11. The highest BCUT2D eigenvalue weighted by Crippen LogP contribution is 2.50. The molecule has 0 aliphatic carbocycles. The Hall–Kier alpha value is -8.58. The first-order valence-corrected chi connectivity index (χ1v) is 23.2. The van der Waals surface area contributed by atoms with Gasteiger partial charge in [-0.2, -0.15) is 0 Å². The van der Waals surface area contributed by atoms with Gasteiger partial charge in [0.05, 0.1) is 0 Å². The standard InChI is InChI=1S/C67H46/c1-3-44(4-2)47-31-35-49(36-32-47)64-54-25-13-16-28-57(54)66(58-29-17-14-26-55(58)64)60-41-42-61(53-24-12-11-23-52(53)60)67-59-30-18-15-27-56(59)65(50-37-33-48(34-38-50)45-19-7-5-8-20-45)63-43-51(39-40-62(63)67)46-21-9-6-10-22-46/h3-43H,1H2,2H3/b44-4+. The summed E-state index contributed by atoms with van der Waals surface area (Å²) in [5, 5.41) is 12.4. The third-order valence-corrected chi connectivity index (χ3v) is 13.8. The van der Waals surface area contributed by atoms with Crippen molar-refractivity contribution in [3.8, 4) is 66.8 Å². The Bertz CT molecular complexity index is 3830. The Morgan fingerprint density at radius 2 is 0.612 bits per heavy atom. The van der Waals surface area contributed by atoms with Crippen molar-refractivity contribution in [3.05, 3.63) is 261 Å². The molecule has 0 atom stereocenters. The molecule has 0 aliphatic heterocycles. The van der Waals surface area contributed by atoms with Crippen LogP contribution in [0.5, 0.6) is 0 Å². The van der Waals surface area contributed by atoms with E-state index in [0.717, 1.165) is 5.57 Å². The van der Waals surface area contributed by atoms with Crippen LogP contribution in [0.2, 0.25) is 0 Å². The van der Waals surface area contributed by atoms with Gasteiger partial charge in [0.2, 0.25) is 0 Å². The third-order valence-electron chi connectivity index (χ3n) is 13.8. The van der Waals surface area contributed by atoms with Crippen LogP contribution < -0.4 is 0 Å². The van der Waals surface area contributed by atoms with E-state index < -0.39 is 0 Å². The SMILES string of the molecule is C=C/C(=C\C)c1ccc(-c2c3ccccc3c(-c3ccc(-c4c5ccccc5c(-c5ccc(-c6ccccc6)cc5)c5cc(-c6ccccc6)ccc45)c4ccccc34)c3ccccc23)cc1. The van der Waals surface area contributed by atoms with Gasteiger partial charge in [-0.05, 0) is 145 Å². The van der Waals surface area contributed by atoms with E-state index in [1.807, 2.05) is 6.08 Å². The molecule has 0 bridgehead atoms. The second-order valence-electron chi connectivity index (χ2n) is 17.4. The molecule has 12 rings (SSSR count). The lowest BCUT2D eigenvalue weighted by molar-refractivity contribution is 1.59. The summed E-state index contributed by atoms with van der Waals surface area (Å²) in [6.45, 7) is 6.12. The molecular weight excluding hydrogens is 805 g/mol. The maximum absolute atomic E-state index is 4.05. The zero-order valence-corrected chi connectivity index (χ0v) is 37.4. The van der Waals surface area contributed by atoms with Crippen LogP contribution in [0.25, 0.3) is 126 Å². The van der Waals surface area contributed by atoms with E-state index in [2.05, 4.69) is 256 Å². The van der Waals surface area contributed by atoms with Crippen LogP contribution in [-0.2, 0) is 0 Å². The van der Waals surface area contributed by atoms with E-state index in [9.17, 15) is 0 Å². The largest absolute Gasteiger partial charge is 0.0985 e. The molecule has 0 aliphatic rings. The first kappa shape index (κ1) is 40.0. The molecule has 67 heavy (non-hydrogen) atoms. The van der Waals surface area contributed by atoms with E-state index in [1.54, 1.807) is 0 Å². The fourth-order valence-corrected chi connectivity index (χ4v) is 10.7. The molecule has 0 spiro atoms. The minimum absolute atomic E-state index is 1.13. The molecule has 0 amide bonds. The lowest BCUT2D eigenvalue weighted by Gasteiger charge is -2.22. The molecule has 0 nitrogen and oxygen atoms in total. The molecule has 12 aromatic rings. The molecule has 0 radical (unpaired) electrons. The zero-order chi connectivity index (χ0) is 44.8. The molecule has 12 aromatic carbocycles. The smallest absolute Gasteiger partial charge is 0.00201 e. The van der Waals surface area contributed by atoms with Crippen molar-refractivity contribution < 1.29 is 0 Å². The van der Waals surface area contributed by atoms with E-state index >= 15 is 0 Å². The Morgan fingerprint density at radius 1 is 0.284 bits per heavy atom. The summed E-state index contributed by atoms with van der Waals surface area (Å²) < 4.78 is 0. The summed E-state index contributed by atoms with van der Waals surface area (Å²) in [6.07, 6.45) is 4.04. The molecule has 0 fully saturated rings. The number of fused-ring (bicyclic) bond motifs is 5. The Kier molecular flexibility index (Phi) is 10.0. The maximum atomic E-state index is 4.05. The molecule has 0 heterocycles. The van der Waals surface area contributed by atoms with Crippen LogP contribution in [0.3, 0.4) is 0 Å². The molecule has 0 aromatic heterocycles. The maximum Gasteiger partial charge on any atom is -0.00201 e. The van der Waals surface area contributed by atoms with Crippen LogP contribution in [0.4, 0.5) is 0 Å². The normalized spacial score (nSPS) is 11.8. The topological polar surface area (TPSA) is 0 Å². The second kappa shape index (κ2) is 16.8. The molecule has 0 N–H and O–H groups in total. The number of allylic oxidation sites excluding steroid dienone is 3. The first-order chi connectivity index (χ1) is 33.2. The summed E-state index contributed by atoms with van der Waals surface area (Å²) in [4.78, 5) is 0. The third kappa shape index (κ3) is 6.77. The fourth-order valence-electron chi connectivity index (χ4n) is 10.7. The fraction of sp³-hybridized carbons (Fsp3) is 0.0149. The van der Waals surface area contributed by atoms with Crippen molar-refractivity contribution >= 4 is 59.4 Å². The predicted molar refractivity (Wildman–Crippen MR) is 290 cm³/mol. The molecule has 0 unspecified atom stereocenters. The molecule has 0 saturated carbocycles. The van der Waals surface area contributed by atoms with Gasteiger partial charge in [0.1, 0.15) is 0 Å². The number of hydrogen-bond acceptors (Lipinski definition) is 0. The highest BCUT2D eigenvalue weighted by Gasteiger charge is 2.22. The lowest BCUT2D eigenvalue weighted by atomic mass is 9.81. The van der Waals surface area contributed by atoms with E-state index in [0.29, 0.717) is 0 Å². The van der Waals surface area contributed by atoms with Gasteiger partial charge < -0.3 is 0 Å². The average molecular weight is 851 g/mol. The minimum atomic E-state index is 1.13. The van der Waals surface area contributed by atoms with Gasteiger partial charge in [-0.25, -0.2) is 0 Å². The Labute approximate surface area is 392 Å². The summed E-state index contributed by atoms with van der Waals surface area (Å²) in [6, 6.07) is 87.4. The van der Waals surface area contributed by atoms with Crippen molar-refractivity contribution in [1.29, 1.82) is 0 Å². The van der Waals surface area contributed by atoms with Crippen LogP contribution in [-0.4, -0.2) is 0 Å². The monoisotopic (exact) mass is 850 g/mol. The second-order valence-corrected chi connectivity index (χ2v) is 17.4. The van der Waals surface area contributed by atoms with Crippen LogP contribution in [0.1, 0.15) is 12.5 Å². The summed E-state index contributed by atoms with van der Waals surface area (Å²) in [5.41, 5.74) is 17.0. The van der Waals surface area contributed by atoms with Gasteiger partial charge in [0.25, 0.3) is 0 Å². The summed E-state index contributed by atoms with van der Waals surface area (Å²) in [7, 11) is 0. The summed E-state index contributed by atoms with van der Waals surface area (Å²) in [5.74, 6) is 0. The lowest BCUT2D eigenvalue weighted by Crippen LogP contribution is -1.94. The van der Waals surface area contributed by atoms with E-state index in [4.69, 9.17) is 0 Å². The highest BCUT2D eigenvalue weighted by molar-refractivity contribution is 6.27. The molecule has 0 heteroatoms. The first-order valence-electron chi connectivity index (χ1n) is 23.2. The van der Waals surface area contributed by atoms with Crippen molar-refractivity contribution in [3.63, 3.8) is 0 Å². The highest BCUT2D eigenvalue weighted by atomic mass is 14.3. The van der Waals surface area contributed by atoms with Gasteiger partial charge in [-0.15, -0.1) is 0 Å². The van der Waals surface area contributed by atoms with Crippen LogP contribution in [0, 0.1) is 0 Å². The van der Waals surface area contributed by atoms with Crippen LogP contribution in [0.15, 0.2) is 255 Å². The minimum Gasteiger partial charge on any atom is -0.0985 e. The van der Waals surface area contributed by atoms with Crippen molar-refractivity contribution in [1.82, 2.24) is 0 Å². The van der Waals surface area contributed by atoms with Crippen LogP contribution >= 0.6 is 0 Å². The van der Waals surface area contributed by atoms with Crippen molar-refractivity contribution in [2.75, 3.05) is 0 Å². The van der Waals surface area contributed by atoms with E-state index in [-0.39, 0.29) is 0 Å². The quantitative estimate of drug-likeness (QED) is 0.106. The van der Waals surface area contributed by atoms with Gasteiger partial charge in [0, 0.05) is 0 Å². The van der Waals surface area contributed by atoms with Crippen molar-refractivity contribution in [2.24, 2.45) is 0 Å². The molecule has 0 saturated heterocycles. The predicted octanol–water partition coefficient (Wildman–Crippen LogP) is 19.0. The molecule has 314 valence electrons. The average Bonchev–Trinajstić information content (AvgIpc) is 3.40. The Morgan fingerprint density at radius 3 is 1.06 bits per heavy atom.